The molecule has 14 heavy (non-hydrogen) atoms. The van der Waals surface area contributed by atoms with E-state index >= 15 is 0 Å². The van der Waals surface area contributed by atoms with Crippen molar-refractivity contribution in [1.82, 2.24) is 0 Å². The van der Waals surface area contributed by atoms with E-state index in [2.05, 4.69) is 13.8 Å². The van der Waals surface area contributed by atoms with E-state index in [9.17, 15) is 4.79 Å². The van der Waals surface area contributed by atoms with E-state index in [1.54, 1.807) is 11.3 Å². The maximum Gasteiger partial charge on any atom is 0.348 e. The number of ether oxygens (including phenoxy) is 1. The minimum atomic E-state index is -0.216. The Morgan fingerprint density at radius 3 is 2.71 bits per heavy atom. The van der Waals surface area contributed by atoms with Crippen LogP contribution in [0.4, 0.5) is 0 Å². The van der Waals surface area contributed by atoms with Gasteiger partial charge < -0.3 is 4.74 Å². The molecule has 0 atom stereocenters. The van der Waals surface area contributed by atoms with Gasteiger partial charge >= 0.3 is 5.97 Å². The van der Waals surface area contributed by atoms with Gasteiger partial charge in [0.25, 0.3) is 0 Å². The standard InChI is InChI=1S/C11H16O2S/c1-4-6-9-8(5-2)7-10(14-9)11(12)13-3/h7H,4-6H2,1-3H3. The summed E-state index contributed by atoms with van der Waals surface area (Å²) in [5.74, 6) is -0.216. The highest BCUT2D eigenvalue weighted by atomic mass is 32.1. The molecular weight excluding hydrogens is 196 g/mol. The van der Waals surface area contributed by atoms with Gasteiger partial charge in [-0.15, -0.1) is 11.3 Å². The van der Waals surface area contributed by atoms with Crippen LogP contribution in [0.2, 0.25) is 0 Å². The molecule has 0 aliphatic heterocycles. The first-order chi connectivity index (χ1) is 6.72. The largest absolute Gasteiger partial charge is 0.465 e. The van der Waals surface area contributed by atoms with Gasteiger partial charge in [-0.25, -0.2) is 4.79 Å². The third kappa shape index (κ3) is 2.35. The van der Waals surface area contributed by atoms with Crippen molar-refractivity contribution in [2.24, 2.45) is 0 Å². The van der Waals surface area contributed by atoms with Crippen LogP contribution in [0.25, 0.3) is 0 Å². The number of carbonyl (C=O) groups excluding carboxylic acids is 1. The van der Waals surface area contributed by atoms with Gasteiger partial charge in [0.15, 0.2) is 0 Å². The van der Waals surface area contributed by atoms with Crippen molar-refractivity contribution in [2.75, 3.05) is 7.11 Å². The lowest BCUT2D eigenvalue weighted by atomic mass is 10.1. The van der Waals surface area contributed by atoms with Gasteiger partial charge in [0.1, 0.15) is 4.88 Å². The number of hydrogen-bond donors (Lipinski definition) is 0. The van der Waals surface area contributed by atoms with Gasteiger partial charge in [-0.1, -0.05) is 20.3 Å². The smallest absolute Gasteiger partial charge is 0.348 e. The zero-order chi connectivity index (χ0) is 10.6. The summed E-state index contributed by atoms with van der Waals surface area (Å²) in [5, 5.41) is 0. The molecule has 78 valence electrons. The maximum absolute atomic E-state index is 11.3. The molecule has 0 amide bonds. The highest BCUT2D eigenvalue weighted by Crippen LogP contribution is 2.25. The van der Waals surface area contributed by atoms with Crippen LogP contribution in [0.5, 0.6) is 0 Å². The van der Waals surface area contributed by atoms with E-state index in [4.69, 9.17) is 4.74 Å². The highest BCUT2D eigenvalue weighted by molar-refractivity contribution is 7.14. The van der Waals surface area contributed by atoms with E-state index in [-0.39, 0.29) is 5.97 Å². The topological polar surface area (TPSA) is 26.3 Å². The molecule has 1 heterocycles. The molecule has 0 fully saturated rings. The van der Waals surface area contributed by atoms with Gasteiger partial charge in [-0.2, -0.15) is 0 Å². The van der Waals surface area contributed by atoms with Crippen molar-refractivity contribution in [3.8, 4) is 0 Å². The van der Waals surface area contributed by atoms with Crippen LogP contribution in [0, 0.1) is 0 Å². The second-order valence-electron chi connectivity index (χ2n) is 3.15. The SMILES string of the molecule is CCCc1sc(C(=O)OC)cc1CC. The molecule has 0 N–H and O–H groups in total. The normalized spacial score (nSPS) is 10.2. The number of methoxy groups -OCH3 is 1. The van der Waals surface area contributed by atoms with Crippen molar-refractivity contribution >= 4 is 17.3 Å². The predicted molar refractivity (Wildman–Crippen MR) is 59.0 cm³/mol. The maximum atomic E-state index is 11.3. The average molecular weight is 212 g/mol. The zero-order valence-electron chi connectivity index (χ0n) is 8.92. The Bertz CT molecular complexity index is 315. The van der Waals surface area contributed by atoms with Gasteiger partial charge in [0.05, 0.1) is 7.11 Å². The molecule has 0 saturated heterocycles. The molecule has 2 nitrogen and oxygen atoms in total. The van der Waals surface area contributed by atoms with Crippen molar-refractivity contribution < 1.29 is 9.53 Å². The molecule has 3 heteroatoms. The fourth-order valence-corrected chi connectivity index (χ4v) is 2.68. The van der Waals surface area contributed by atoms with Gasteiger partial charge in [-0.05, 0) is 24.5 Å². The predicted octanol–water partition coefficient (Wildman–Crippen LogP) is 3.05. The summed E-state index contributed by atoms with van der Waals surface area (Å²) in [6, 6.07) is 1.96. The second kappa shape index (κ2) is 5.15. The number of carbonyl (C=O) groups is 1. The number of aryl methyl sites for hydroxylation is 2. The Kier molecular flexibility index (Phi) is 4.14. The first kappa shape index (κ1) is 11.2. The Labute approximate surface area is 88.9 Å². The number of esters is 1. The van der Waals surface area contributed by atoms with Crippen LogP contribution in [-0.2, 0) is 17.6 Å². The third-order valence-corrected chi connectivity index (χ3v) is 3.36. The van der Waals surface area contributed by atoms with Crippen LogP contribution < -0.4 is 0 Å². The zero-order valence-corrected chi connectivity index (χ0v) is 9.74. The Balaban J connectivity index is 2.94. The quantitative estimate of drug-likeness (QED) is 0.717. The van der Waals surface area contributed by atoms with Crippen molar-refractivity contribution in [2.45, 2.75) is 33.1 Å². The molecule has 0 radical (unpaired) electrons. The summed E-state index contributed by atoms with van der Waals surface area (Å²) in [5.41, 5.74) is 1.29. The Hall–Kier alpha value is -0.830. The second-order valence-corrected chi connectivity index (χ2v) is 4.29. The molecule has 0 saturated carbocycles. The highest BCUT2D eigenvalue weighted by Gasteiger charge is 2.12. The number of rotatable bonds is 4. The van der Waals surface area contributed by atoms with Gasteiger partial charge in [0, 0.05) is 4.88 Å². The number of thiophene rings is 1. The van der Waals surface area contributed by atoms with E-state index in [0.29, 0.717) is 0 Å². The lowest BCUT2D eigenvalue weighted by Crippen LogP contribution is -1.96. The summed E-state index contributed by atoms with van der Waals surface area (Å²) >= 11 is 1.57. The fraction of sp³-hybridized carbons (Fsp3) is 0.545. The van der Waals surface area contributed by atoms with Crippen molar-refractivity contribution in [3.63, 3.8) is 0 Å². The van der Waals surface area contributed by atoms with Crippen LogP contribution in [0.15, 0.2) is 6.07 Å². The molecule has 0 unspecified atom stereocenters. The van der Waals surface area contributed by atoms with E-state index in [1.165, 1.54) is 17.6 Å². The summed E-state index contributed by atoms with van der Waals surface area (Å²) in [6.45, 7) is 4.26. The lowest BCUT2D eigenvalue weighted by molar-refractivity contribution is 0.0606. The van der Waals surface area contributed by atoms with E-state index in [0.717, 1.165) is 24.1 Å². The molecule has 0 bridgehead atoms. The van der Waals surface area contributed by atoms with E-state index in [1.807, 2.05) is 6.07 Å². The Morgan fingerprint density at radius 2 is 2.21 bits per heavy atom. The fourth-order valence-electron chi connectivity index (χ4n) is 1.41. The minimum Gasteiger partial charge on any atom is -0.465 e. The first-order valence-corrected chi connectivity index (χ1v) is 5.74. The monoisotopic (exact) mass is 212 g/mol. The molecule has 0 aromatic carbocycles. The summed E-state index contributed by atoms with van der Waals surface area (Å²) < 4.78 is 4.70. The van der Waals surface area contributed by atoms with Crippen LogP contribution >= 0.6 is 11.3 Å². The molecular formula is C11H16O2S. The third-order valence-electron chi connectivity index (χ3n) is 2.14. The Morgan fingerprint density at radius 1 is 1.50 bits per heavy atom. The minimum absolute atomic E-state index is 0.216. The van der Waals surface area contributed by atoms with Crippen LogP contribution in [0.3, 0.4) is 0 Å². The van der Waals surface area contributed by atoms with Crippen LogP contribution in [-0.4, -0.2) is 13.1 Å². The molecule has 1 rings (SSSR count). The molecule has 0 aliphatic carbocycles. The summed E-state index contributed by atoms with van der Waals surface area (Å²) in [6.07, 6.45) is 3.17. The van der Waals surface area contributed by atoms with Gasteiger partial charge in [-0.3, -0.25) is 0 Å². The lowest BCUT2D eigenvalue weighted by Gasteiger charge is -1.96. The molecule has 1 aromatic heterocycles. The van der Waals surface area contributed by atoms with Crippen molar-refractivity contribution in [1.29, 1.82) is 0 Å². The first-order valence-electron chi connectivity index (χ1n) is 4.92. The van der Waals surface area contributed by atoms with Gasteiger partial charge in [0.2, 0.25) is 0 Å². The van der Waals surface area contributed by atoms with E-state index < -0.39 is 0 Å². The molecule has 0 spiro atoms. The average Bonchev–Trinajstić information content (AvgIpc) is 2.60. The molecule has 1 aromatic rings. The van der Waals surface area contributed by atoms with Crippen LogP contribution in [0.1, 0.15) is 40.4 Å². The van der Waals surface area contributed by atoms with Crippen molar-refractivity contribution in [3.05, 3.63) is 21.4 Å². The summed E-state index contributed by atoms with van der Waals surface area (Å²) in [4.78, 5) is 13.3. The summed E-state index contributed by atoms with van der Waals surface area (Å²) in [7, 11) is 1.42. The molecule has 0 aliphatic rings. The number of hydrogen-bond acceptors (Lipinski definition) is 3.